The summed E-state index contributed by atoms with van der Waals surface area (Å²) in [6.07, 6.45) is 5.57. The molecule has 0 aliphatic heterocycles. The number of nitrogens with zero attached hydrogens (tertiary/aromatic N) is 1. The van der Waals surface area contributed by atoms with E-state index < -0.39 is 0 Å². The Morgan fingerprint density at radius 1 is 0.952 bits per heavy atom. The van der Waals surface area contributed by atoms with Crippen LogP contribution in [0.5, 0.6) is 0 Å². The molecule has 0 aliphatic rings. The molecule has 3 rings (SSSR count). The molecule has 0 bridgehead atoms. The normalized spacial score (nSPS) is 11.5. The van der Waals surface area contributed by atoms with Gasteiger partial charge in [-0.3, -0.25) is 0 Å². The smallest absolute Gasteiger partial charge is 0.0494 e. The zero-order valence-electron chi connectivity index (χ0n) is 12.7. The van der Waals surface area contributed by atoms with Gasteiger partial charge in [-0.25, -0.2) is 0 Å². The van der Waals surface area contributed by atoms with Gasteiger partial charge in [0.1, 0.15) is 0 Å². The Hall–Kier alpha value is -2.28. The van der Waals surface area contributed by atoms with Gasteiger partial charge in [0.2, 0.25) is 0 Å². The van der Waals surface area contributed by atoms with Crippen molar-refractivity contribution in [2.45, 2.75) is 26.8 Å². The summed E-state index contributed by atoms with van der Waals surface area (Å²) in [5.74, 6) is 0. The van der Waals surface area contributed by atoms with Crippen LogP contribution in [0.25, 0.3) is 22.2 Å². The molecule has 0 fully saturated rings. The number of para-hydroxylation sites is 1. The Morgan fingerprint density at radius 3 is 2.48 bits per heavy atom. The number of rotatable bonds is 4. The Morgan fingerprint density at radius 2 is 1.71 bits per heavy atom. The summed E-state index contributed by atoms with van der Waals surface area (Å²) in [5, 5.41) is 1.30. The second kappa shape index (κ2) is 6.01. The van der Waals surface area contributed by atoms with Crippen LogP contribution in [0.4, 0.5) is 0 Å². The molecule has 106 valence electrons. The minimum Gasteiger partial charge on any atom is -0.337 e. The molecule has 1 aromatic heterocycles. The first-order chi connectivity index (χ1) is 10.3. The van der Waals surface area contributed by atoms with Crippen molar-refractivity contribution in [3.8, 4) is 11.3 Å². The van der Waals surface area contributed by atoms with Gasteiger partial charge in [-0.1, -0.05) is 67.1 Å². The van der Waals surface area contributed by atoms with Gasteiger partial charge in [0.15, 0.2) is 0 Å². The highest BCUT2D eigenvalue weighted by molar-refractivity contribution is 5.87. The number of aromatic nitrogens is 1. The Bertz CT molecular complexity index is 760. The Labute approximate surface area is 126 Å². The van der Waals surface area contributed by atoms with Crippen molar-refractivity contribution in [2.75, 3.05) is 0 Å². The molecule has 2 aromatic carbocycles. The highest BCUT2D eigenvalue weighted by atomic mass is 15.0. The molecule has 0 N–H and O–H groups in total. The van der Waals surface area contributed by atoms with E-state index in [4.69, 9.17) is 0 Å². The quantitative estimate of drug-likeness (QED) is 0.547. The van der Waals surface area contributed by atoms with Gasteiger partial charge in [-0.05, 0) is 31.0 Å². The van der Waals surface area contributed by atoms with Crippen molar-refractivity contribution >= 4 is 10.9 Å². The van der Waals surface area contributed by atoms with E-state index in [9.17, 15) is 0 Å². The molecular weight excluding hydrogens is 254 g/mol. The lowest BCUT2D eigenvalue weighted by atomic mass is 10.1. The standard InChI is InChI=1S/C20H21N/c1-3-4-7-14-21-19-9-6-5-8-18(19)15-20(21)17-12-10-16(2)11-13-17/h4-13,15H,3,14H2,1-2H3/b7-4+. The lowest BCUT2D eigenvalue weighted by Crippen LogP contribution is -1.97. The molecule has 0 aliphatic carbocycles. The topological polar surface area (TPSA) is 4.93 Å². The predicted octanol–water partition coefficient (Wildman–Crippen LogP) is 5.58. The highest BCUT2D eigenvalue weighted by Crippen LogP contribution is 2.28. The van der Waals surface area contributed by atoms with E-state index in [0.29, 0.717) is 0 Å². The number of allylic oxidation sites excluding steroid dienone is 2. The summed E-state index contributed by atoms with van der Waals surface area (Å²) in [5.41, 5.74) is 5.17. The van der Waals surface area contributed by atoms with Gasteiger partial charge in [0.05, 0.1) is 0 Å². The monoisotopic (exact) mass is 275 g/mol. The maximum absolute atomic E-state index is 2.40. The van der Waals surface area contributed by atoms with Gasteiger partial charge in [0, 0.05) is 23.1 Å². The summed E-state index contributed by atoms with van der Waals surface area (Å²) >= 11 is 0. The first-order valence-electron chi connectivity index (χ1n) is 7.60. The molecule has 0 spiro atoms. The summed E-state index contributed by atoms with van der Waals surface area (Å²) in [4.78, 5) is 0. The third-order valence-electron chi connectivity index (χ3n) is 3.85. The van der Waals surface area contributed by atoms with Crippen molar-refractivity contribution in [2.24, 2.45) is 0 Å². The van der Waals surface area contributed by atoms with Gasteiger partial charge in [0.25, 0.3) is 0 Å². The predicted molar refractivity (Wildman–Crippen MR) is 91.5 cm³/mol. The van der Waals surface area contributed by atoms with Gasteiger partial charge in [-0.2, -0.15) is 0 Å². The van der Waals surface area contributed by atoms with Crippen LogP contribution in [0.15, 0.2) is 66.7 Å². The summed E-state index contributed by atoms with van der Waals surface area (Å²) in [7, 11) is 0. The van der Waals surface area contributed by atoms with E-state index in [1.54, 1.807) is 0 Å². The van der Waals surface area contributed by atoms with Gasteiger partial charge < -0.3 is 4.57 Å². The van der Waals surface area contributed by atoms with Crippen molar-refractivity contribution in [3.63, 3.8) is 0 Å². The molecule has 1 nitrogen and oxygen atoms in total. The third kappa shape index (κ3) is 2.78. The second-order valence-electron chi connectivity index (χ2n) is 5.44. The van der Waals surface area contributed by atoms with Crippen LogP contribution in [0.1, 0.15) is 18.9 Å². The summed E-state index contributed by atoms with van der Waals surface area (Å²) in [6, 6.07) is 19.7. The first-order valence-corrected chi connectivity index (χ1v) is 7.60. The fourth-order valence-electron chi connectivity index (χ4n) is 2.72. The minimum absolute atomic E-state index is 0.921. The summed E-state index contributed by atoms with van der Waals surface area (Å²) < 4.78 is 2.40. The average molecular weight is 275 g/mol. The molecule has 1 heterocycles. The molecule has 21 heavy (non-hydrogen) atoms. The maximum Gasteiger partial charge on any atom is 0.0494 e. The molecule has 0 radical (unpaired) electrons. The van der Waals surface area contributed by atoms with Crippen molar-refractivity contribution in [1.82, 2.24) is 4.57 Å². The summed E-state index contributed by atoms with van der Waals surface area (Å²) in [6.45, 7) is 5.22. The average Bonchev–Trinajstić information content (AvgIpc) is 2.87. The zero-order chi connectivity index (χ0) is 14.7. The molecule has 0 amide bonds. The van der Waals surface area contributed by atoms with Crippen LogP contribution in [0.3, 0.4) is 0 Å². The van der Waals surface area contributed by atoms with Crippen molar-refractivity contribution < 1.29 is 0 Å². The SMILES string of the molecule is CC/C=C/Cn1c(-c2ccc(C)cc2)cc2ccccc21. The number of fused-ring (bicyclic) bond motifs is 1. The van der Waals surface area contributed by atoms with E-state index in [2.05, 4.69) is 85.2 Å². The highest BCUT2D eigenvalue weighted by Gasteiger charge is 2.09. The number of aryl methyl sites for hydroxylation is 1. The van der Waals surface area contributed by atoms with E-state index in [0.717, 1.165) is 13.0 Å². The lowest BCUT2D eigenvalue weighted by Gasteiger charge is -2.09. The molecule has 0 atom stereocenters. The number of hydrogen-bond donors (Lipinski definition) is 0. The minimum atomic E-state index is 0.921. The third-order valence-corrected chi connectivity index (χ3v) is 3.85. The van der Waals surface area contributed by atoms with E-state index >= 15 is 0 Å². The van der Waals surface area contributed by atoms with E-state index in [-0.39, 0.29) is 0 Å². The number of hydrogen-bond acceptors (Lipinski definition) is 0. The molecule has 1 heteroatoms. The van der Waals surface area contributed by atoms with Crippen LogP contribution in [-0.4, -0.2) is 4.57 Å². The fourth-order valence-corrected chi connectivity index (χ4v) is 2.72. The number of benzene rings is 2. The van der Waals surface area contributed by atoms with E-state index in [1.807, 2.05) is 0 Å². The maximum atomic E-state index is 2.40. The molecule has 3 aromatic rings. The fraction of sp³-hybridized carbons (Fsp3) is 0.200. The molecular formula is C20H21N. The van der Waals surface area contributed by atoms with Crippen molar-refractivity contribution in [3.05, 3.63) is 72.3 Å². The second-order valence-corrected chi connectivity index (χ2v) is 5.44. The van der Waals surface area contributed by atoms with Crippen LogP contribution in [0.2, 0.25) is 0 Å². The van der Waals surface area contributed by atoms with Gasteiger partial charge in [-0.15, -0.1) is 0 Å². The van der Waals surface area contributed by atoms with E-state index in [1.165, 1.54) is 27.7 Å². The lowest BCUT2D eigenvalue weighted by molar-refractivity contribution is 0.867. The molecule has 0 saturated carbocycles. The Kier molecular flexibility index (Phi) is 3.92. The molecule has 0 saturated heterocycles. The van der Waals surface area contributed by atoms with Crippen LogP contribution in [-0.2, 0) is 6.54 Å². The van der Waals surface area contributed by atoms with Gasteiger partial charge >= 0.3 is 0 Å². The van der Waals surface area contributed by atoms with Crippen LogP contribution >= 0.6 is 0 Å². The van der Waals surface area contributed by atoms with Crippen LogP contribution in [0, 0.1) is 6.92 Å². The molecule has 0 unspecified atom stereocenters. The van der Waals surface area contributed by atoms with Crippen LogP contribution < -0.4 is 0 Å². The van der Waals surface area contributed by atoms with Crippen molar-refractivity contribution in [1.29, 1.82) is 0 Å². The largest absolute Gasteiger partial charge is 0.337 e. The Balaban J connectivity index is 2.13. The first kappa shape index (κ1) is 13.7. The zero-order valence-corrected chi connectivity index (χ0v) is 12.7.